The van der Waals surface area contributed by atoms with Crippen LogP contribution in [0.4, 0.5) is 5.82 Å². The second kappa shape index (κ2) is 4.73. The van der Waals surface area contributed by atoms with Crippen molar-refractivity contribution in [2.24, 2.45) is 5.92 Å². The Morgan fingerprint density at radius 2 is 2.12 bits per heavy atom. The molecule has 4 nitrogen and oxygen atoms in total. The van der Waals surface area contributed by atoms with Crippen LogP contribution in [0.3, 0.4) is 0 Å². The van der Waals surface area contributed by atoms with Crippen molar-refractivity contribution in [2.45, 2.75) is 32.1 Å². The predicted molar refractivity (Wildman–Crippen MR) is 69.0 cm³/mol. The predicted octanol–water partition coefficient (Wildman–Crippen LogP) is 2.95. The Balaban J connectivity index is 1.69. The fraction of sp³-hybridized carbons (Fsp3) is 0.538. The zero-order valence-electron chi connectivity index (χ0n) is 9.95. The van der Waals surface area contributed by atoms with Gasteiger partial charge in [0.1, 0.15) is 17.8 Å². The normalized spacial score (nSPS) is 17.4. The molecular weight excluding hydrogens is 212 g/mol. The highest BCUT2D eigenvalue weighted by Crippen LogP contribution is 2.24. The van der Waals surface area contributed by atoms with Gasteiger partial charge in [-0.1, -0.05) is 19.3 Å². The molecule has 0 aromatic carbocycles. The van der Waals surface area contributed by atoms with Gasteiger partial charge in [-0.05, 0) is 24.8 Å². The second-order valence-electron chi connectivity index (χ2n) is 4.85. The minimum absolute atomic E-state index is 0.813. The lowest BCUT2D eigenvalue weighted by molar-refractivity contribution is 0.373. The van der Waals surface area contributed by atoms with Crippen LogP contribution in [-0.2, 0) is 0 Å². The Morgan fingerprint density at radius 3 is 3.00 bits per heavy atom. The monoisotopic (exact) mass is 230 g/mol. The van der Waals surface area contributed by atoms with Crippen LogP contribution in [0.2, 0.25) is 0 Å². The molecule has 2 aromatic heterocycles. The van der Waals surface area contributed by atoms with Crippen molar-refractivity contribution in [3.8, 4) is 0 Å². The fourth-order valence-corrected chi connectivity index (χ4v) is 2.65. The van der Waals surface area contributed by atoms with Gasteiger partial charge in [-0.2, -0.15) is 0 Å². The van der Waals surface area contributed by atoms with Gasteiger partial charge in [-0.25, -0.2) is 9.97 Å². The molecule has 0 spiro atoms. The third kappa shape index (κ3) is 2.25. The number of nitrogens with one attached hydrogen (secondary N) is 2. The van der Waals surface area contributed by atoms with Crippen molar-refractivity contribution >= 4 is 16.9 Å². The first-order valence-electron chi connectivity index (χ1n) is 6.45. The van der Waals surface area contributed by atoms with E-state index in [1.165, 1.54) is 32.1 Å². The van der Waals surface area contributed by atoms with E-state index in [1.54, 1.807) is 6.33 Å². The van der Waals surface area contributed by atoms with E-state index < -0.39 is 0 Å². The first-order valence-corrected chi connectivity index (χ1v) is 6.45. The summed E-state index contributed by atoms with van der Waals surface area (Å²) in [7, 11) is 0. The highest BCUT2D eigenvalue weighted by Gasteiger charge is 2.13. The third-order valence-corrected chi connectivity index (χ3v) is 3.64. The Kier molecular flexibility index (Phi) is 2.94. The van der Waals surface area contributed by atoms with Gasteiger partial charge in [0.15, 0.2) is 0 Å². The average Bonchev–Trinajstić information content (AvgIpc) is 2.86. The van der Waals surface area contributed by atoms with Crippen molar-refractivity contribution in [2.75, 3.05) is 11.9 Å². The molecule has 2 heterocycles. The topological polar surface area (TPSA) is 53.6 Å². The molecule has 3 rings (SSSR count). The van der Waals surface area contributed by atoms with E-state index in [0.29, 0.717) is 0 Å². The number of anilines is 1. The maximum Gasteiger partial charge on any atom is 0.142 e. The number of nitrogens with zero attached hydrogens (tertiary/aromatic N) is 2. The van der Waals surface area contributed by atoms with Crippen molar-refractivity contribution in [3.05, 3.63) is 18.6 Å². The highest BCUT2D eigenvalue weighted by atomic mass is 15.0. The lowest BCUT2D eigenvalue weighted by Gasteiger charge is -2.22. The van der Waals surface area contributed by atoms with Gasteiger partial charge in [0.25, 0.3) is 0 Å². The summed E-state index contributed by atoms with van der Waals surface area (Å²) in [5.41, 5.74) is 0.908. The molecule has 0 unspecified atom stereocenters. The van der Waals surface area contributed by atoms with Crippen LogP contribution in [0.15, 0.2) is 18.6 Å². The summed E-state index contributed by atoms with van der Waals surface area (Å²) in [6.07, 6.45) is 10.4. The Labute approximate surface area is 101 Å². The maximum absolute atomic E-state index is 4.32. The van der Waals surface area contributed by atoms with Crippen LogP contribution in [0.5, 0.6) is 0 Å². The van der Waals surface area contributed by atoms with Gasteiger partial charge in [0.2, 0.25) is 0 Å². The summed E-state index contributed by atoms with van der Waals surface area (Å²) in [5.74, 6) is 1.77. The van der Waals surface area contributed by atoms with Gasteiger partial charge in [0.05, 0.1) is 5.39 Å². The minimum Gasteiger partial charge on any atom is -0.369 e. The highest BCUT2D eigenvalue weighted by molar-refractivity contribution is 5.86. The number of hydrogen-bond acceptors (Lipinski definition) is 3. The molecule has 1 fully saturated rings. The van der Waals surface area contributed by atoms with Crippen LogP contribution in [0, 0.1) is 5.92 Å². The van der Waals surface area contributed by atoms with Crippen LogP contribution in [0.1, 0.15) is 32.1 Å². The van der Waals surface area contributed by atoms with Crippen LogP contribution >= 0.6 is 0 Å². The van der Waals surface area contributed by atoms with Gasteiger partial charge < -0.3 is 10.3 Å². The molecule has 0 atom stereocenters. The van der Waals surface area contributed by atoms with E-state index in [4.69, 9.17) is 0 Å². The molecule has 90 valence electrons. The number of aromatic nitrogens is 3. The minimum atomic E-state index is 0.813. The van der Waals surface area contributed by atoms with Crippen molar-refractivity contribution in [1.82, 2.24) is 15.0 Å². The zero-order valence-corrected chi connectivity index (χ0v) is 9.95. The number of aromatic amines is 1. The fourth-order valence-electron chi connectivity index (χ4n) is 2.65. The van der Waals surface area contributed by atoms with Gasteiger partial charge in [-0.3, -0.25) is 0 Å². The summed E-state index contributed by atoms with van der Waals surface area (Å²) in [6, 6.07) is 2.03. The Hall–Kier alpha value is -1.58. The first kappa shape index (κ1) is 10.6. The number of fused-ring (bicyclic) bond motifs is 1. The summed E-state index contributed by atoms with van der Waals surface area (Å²) < 4.78 is 0. The Bertz CT molecular complexity index is 485. The molecule has 0 amide bonds. The zero-order chi connectivity index (χ0) is 11.5. The largest absolute Gasteiger partial charge is 0.369 e. The van der Waals surface area contributed by atoms with Gasteiger partial charge in [-0.15, -0.1) is 0 Å². The van der Waals surface area contributed by atoms with E-state index in [2.05, 4.69) is 20.3 Å². The summed E-state index contributed by atoms with van der Waals surface area (Å²) in [6.45, 7) is 1.04. The quantitative estimate of drug-likeness (QED) is 0.852. The van der Waals surface area contributed by atoms with Crippen molar-refractivity contribution < 1.29 is 0 Å². The van der Waals surface area contributed by atoms with Crippen molar-refractivity contribution in [1.29, 1.82) is 0 Å². The number of H-pyrrole nitrogens is 1. The third-order valence-electron chi connectivity index (χ3n) is 3.64. The molecular formula is C13H18N4. The molecule has 1 aliphatic rings. The average molecular weight is 230 g/mol. The molecule has 0 aliphatic heterocycles. The summed E-state index contributed by atoms with van der Waals surface area (Å²) in [5, 5.41) is 4.56. The molecule has 1 saturated carbocycles. The van der Waals surface area contributed by atoms with E-state index in [-0.39, 0.29) is 0 Å². The standard InChI is InChI=1S/C13H18N4/c1-2-4-10(5-3-1)8-15-13-11-6-7-14-12(11)16-9-17-13/h6-7,9-10H,1-5,8H2,(H2,14,15,16,17). The lowest BCUT2D eigenvalue weighted by atomic mass is 9.89. The van der Waals surface area contributed by atoms with Crippen LogP contribution in [0.25, 0.3) is 11.0 Å². The SMILES string of the molecule is c1nc(NCC2CCCCC2)c2cc[nH]c2n1. The Morgan fingerprint density at radius 1 is 1.24 bits per heavy atom. The molecule has 0 saturated heterocycles. The van der Waals surface area contributed by atoms with E-state index in [0.717, 1.165) is 29.3 Å². The smallest absolute Gasteiger partial charge is 0.142 e. The first-order chi connectivity index (χ1) is 8.43. The molecule has 17 heavy (non-hydrogen) atoms. The van der Waals surface area contributed by atoms with Gasteiger partial charge in [0, 0.05) is 12.7 Å². The van der Waals surface area contributed by atoms with Crippen LogP contribution in [-0.4, -0.2) is 21.5 Å². The number of rotatable bonds is 3. The van der Waals surface area contributed by atoms with E-state index in [1.807, 2.05) is 12.3 Å². The maximum atomic E-state index is 4.32. The van der Waals surface area contributed by atoms with Gasteiger partial charge >= 0.3 is 0 Å². The lowest BCUT2D eigenvalue weighted by Crippen LogP contribution is -2.17. The molecule has 2 aromatic rings. The molecule has 1 aliphatic carbocycles. The van der Waals surface area contributed by atoms with E-state index in [9.17, 15) is 0 Å². The molecule has 4 heteroatoms. The summed E-state index contributed by atoms with van der Waals surface area (Å²) >= 11 is 0. The molecule has 0 radical (unpaired) electrons. The van der Waals surface area contributed by atoms with Crippen molar-refractivity contribution in [3.63, 3.8) is 0 Å². The van der Waals surface area contributed by atoms with Crippen LogP contribution < -0.4 is 5.32 Å². The van der Waals surface area contributed by atoms with E-state index >= 15 is 0 Å². The molecule has 2 N–H and O–H groups in total. The second-order valence-corrected chi connectivity index (χ2v) is 4.85. The molecule has 0 bridgehead atoms. The summed E-state index contributed by atoms with van der Waals surface area (Å²) in [4.78, 5) is 11.6. The number of hydrogen-bond donors (Lipinski definition) is 2.